The van der Waals surface area contributed by atoms with E-state index in [1.54, 1.807) is 13.0 Å². The van der Waals surface area contributed by atoms with Crippen LogP contribution in [0.3, 0.4) is 0 Å². The van der Waals surface area contributed by atoms with Crippen LogP contribution >= 0.6 is 0 Å². The van der Waals surface area contributed by atoms with Gasteiger partial charge in [-0.15, -0.1) is 0 Å². The van der Waals surface area contributed by atoms with E-state index in [1.165, 1.54) is 24.3 Å². The maximum Gasteiger partial charge on any atom is 0.338 e. The number of carboxylic acids is 1. The lowest BCUT2D eigenvalue weighted by molar-refractivity contribution is 0.0692. The first-order chi connectivity index (χ1) is 8.50. The first kappa shape index (κ1) is 12.2. The van der Waals surface area contributed by atoms with Crippen molar-refractivity contribution in [3.63, 3.8) is 0 Å². The summed E-state index contributed by atoms with van der Waals surface area (Å²) < 4.78 is 26.7. The Labute approximate surface area is 103 Å². The van der Waals surface area contributed by atoms with Crippen LogP contribution in [0.4, 0.5) is 8.78 Å². The minimum absolute atomic E-state index is 0.381. The summed E-state index contributed by atoms with van der Waals surface area (Å²) >= 11 is 0. The summed E-state index contributed by atoms with van der Waals surface area (Å²) in [5, 5.41) is 8.85. The van der Waals surface area contributed by atoms with Gasteiger partial charge in [0.25, 0.3) is 0 Å². The van der Waals surface area contributed by atoms with Crippen LogP contribution in [0.25, 0.3) is 11.1 Å². The maximum absolute atomic E-state index is 13.4. The van der Waals surface area contributed by atoms with Crippen molar-refractivity contribution in [1.82, 2.24) is 0 Å². The summed E-state index contributed by atoms with van der Waals surface area (Å²) in [5.74, 6) is -2.53. The maximum atomic E-state index is 13.4. The molecule has 0 aliphatic carbocycles. The Morgan fingerprint density at radius 1 is 1.11 bits per heavy atom. The zero-order chi connectivity index (χ0) is 13.3. The predicted molar refractivity (Wildman–Crippen MR) is 63.5 cm³/mol. The first-order valence-electron chi connectivity index (χ1n) is 5.29. The summed E-state index contributed by atoms with van der Waals surface area (Å²) in [6.45, 7) is 1.59. The van der Waals surface area contributed by atoms with E-state index < -0.39 is 17.3 Å². The number of halogens is 2. The Kier molecular flexibility index (Phi) is 3.10. The van der Waals surface area contributed by atoms with Gasteiger partial charge in [-0.25, -0.2) is 13.6 Å². The number of carbonyl (C=O) groups is 1. The average molecular weight is 248 g/mol. The van der Waals surface area contributed by atoms with E-state index in [4.69, 9.17) is 5.11 Å². The van der Waals surface area contributed by atoms with E-state index in [9.17, 15) is 13.6 Å². The van der Waals surface area contributed by atoms with Gasteiger partial charge in [-0.05, 0) is 41.8 Å². The summed E-state index contributed by atoms with van der Waals surface area (Å²) in [7, 11) is 0. The molecule has 2 aromatic rings. The molecule has 2 rings (SSSR count). The van der Waals surface area contributed by atoms with Crippen molar-refractivity contribution in [2.45, 2.75) is 6.92 Å². The van der Waals surface area contributed by atoms with E-state index in [0.29, 0.717) is 16.7 Å². The Balaban J connectivity index is 2.62. The number of aromatic carboxylic acids is 1. The van der Waals surface area contributed by atoms with Gasteiger partial charge in [-0.1, -0.05) is 18.2 Å². The van der Waals surface area contributed by atoms with Gasteiger partial charge in [0.2, 0.25) is 0 Å². The summed E-state index contributed by atoms with van der Waals surface area (Å²) in [4.78, 5) is 10.8. The van der Waals surface area contributed by atoms with Crippen LogP contribution in [0.1, 0.15) is 15.9 Å². The number of carboxylic acid groups (broad SMARTS) is 1. The minimum atomic E-state index is -1.34. The molecule has 0 unspecified atom stereocenters. The minimum Gasteiger partial charge on any atom is -0.478 e. The predicted octanol–water partition coefficient (Wildman–Crippen LogP) is 3.64. The standard InChI is InChI=1S/C14H10F2O2/c1-8-10(3-2-4-12(8)15)9-5-6-13(16)11(7-9)14(17)18/h2-7H,1H3,(H,17,18). The third-order valence-corrected chi connectivity index (χ3v) is 2.78. The average Bonchev–Trinajstić information content (AvgIpc) is 2.33. The van der Waals surface area contributed by atoms with Gasteiger partial charge in [-0.2, -0.15) is 0 Å². The van der Waals surface area contributed by atoms with Gasteiger partial charge in [0.1, 0.15) is 11.6 Å². The number of hydrogen-bond donors (Lipinski definition) is 1. The highest BCUT2D eigenvalue weighted by atomic mass is 19.1. The van der Waals surface area contributed by atoms with Crippen molar-refractivity contribution in [2.75, 3.05) is 0 Å². The third kappa shape index (κ3) is 2.09. The SMILES string of the molecule is Cc1c(F)cccc1-c1ccc(F)c(C(=O)O)c1. The lowest BCUT2D eigenvalue weighted by atomic mass is 9.98. The molecule has 0 saturated heterocycles. The van der Waals surface area contributed by atoms with E-state index in [2.05, 4.69) is 0 Å². The van der Waals surface area contributed by atoms with E-state index >= 15 is 0 Å². The molecule has 0 aromatic heterocycles. The fourth-order valence-corrected chi connectivity index (χ4v) is 1.78. The Bertz CT molecular complexity index is 621. The summed E-state index contributed by atoms with van der Waals surface area (Å²) in [6, 6.07) is 8.23. The van der Waals surface area contributed by atoms with Crippen molar-refractivity contribution in [3.8, 4) is 11.1 Å². The molecule has 0 spiro atoms. The fourth-order valence-electron chi connectivity index (χ4n) is 1.78. The van der Waals surface area contributed by atoms with E-state index in [1.807, 2.05) is 0 Å². The van der Waals surface area contributed by atoms with Crippen LogP contribution < -0.4 is 0 Å². The molecule has 2 nitrogen and oxygen atoms in total. The molecule has 0 heterocycles. The molecule has 92 valence electrons. The Hall–Kier alpha value is -2.23. The van der Waals surface area contributed by atoms with Crippen molar-refractivity contribution in [2.24, 2.45) is 0 Å². The zero-order valence-corrected chi connectivity index (χ0v) is 9.58. The van der Waals surface area contributed by atoms with Crippen molar-refractivity contribution >= 4 is 5.97 Å². The molecule has 0 aliphatic rings. The normalized spacial score (nSPS) is 10.4. The lowest BCUT2D eigenvalue weighted by Crippen LogP contribution is -2.01. The summed E-state index contributed by atoms with van der Waals surface area (Å²) in [6.07, 6.45) is 0. The summed E-state index contributed by atoms with van der Waals surface area (Å²) in [5.41, 5.74) is 1.01. The van der Waals surface area contributed by atoms with Crippen molar-refractivity contribution in [3.05, 3.63) is 59.2 Å². The quantitative estimate of drug-likeness (QED) is 0.880. The second kappa shape index (κ2) is 4.56. The van der Waals surface area contributed by atoms with Gasteiger partial charge < -0.3 is 5.11 Å². The third-order valence-electron chi connectivity index (χ3n) is 2.78. The molecule has 0 radical (unpaired) electrons. The van der Waals surface area contributed by atoms with E-state index in [0.717, 1.165) is 6.07 Å². The molecule has 0 amide bonds. The zero-order valence-electron chi connectivity index (χ0n) is 9.58. The van der Waals surface area contributed by atoms with Crippen molar-refractivity contribution in [1.29, 1.82) is 0 Å². The Morgan fingerprint density at radius 3 is 2.50 bits per heavy atom. The monoisotopic (exact) mass is 248 g/mol. The van der Waals surface area contributed by atoms with Crippen molar-refractivity contribution < 1.29 is 18.7 Å². The molecular weight excluding hydrogens is 238 g/mol. The van der Waals surface area contributed by atoms with Gasteiger partial charge in [0.15, 0.2) is 0 Å². The van der Waals surface area contributed by atoms with E-state index in [-0.39, 0.29) is 5.82 Å². The molecule has 0 fully saturated rings. The van der Waals surface area contributed by atoms with Crippen LogP contribution in [-0.4, -0.2) is 11.1 Å². The van der Waals surface area contributed by atoms with Gasteiger partial charge >= 0.3 is 5.97 Å². The van der Waals surface area contributed by atoms with Crippen LogP contribution in [0.15, 0.2) is 36.4 Å². The second-order valence-corrected chi connectivity index (χ2v) is 3.91. The Morgan fingerprint density at radius 2 is 1.83 bits per heavy atom. The van der Waals surface area contributed by atoms with Gasteiger partial charge in [-0.3, -0.25) is 0 Å². The largest absolute Gasteiger partial charge is 0.478 e. The highest BCUT2D eigenvalue weighted by molar-refractivity contribution is 5.90. The van der Waals surface area contributed by atoms with Gasteiger partial charge in [0.05, 0.1) is 5.56 Å². The van der Waals surface area contributed by atoms with Crippen LogP contribution in [0, 0.1) is 18.6 Å². The second-order valence-electron chi connectivity index (χ2n) is 3.91. The fraction of sp³-hybridized carbons (Fsp3) is 0.0714. The molecule has 0 atom stereocenters. The molecule has 1 N–H and O–H groups in total. The smallest absolute Gasteiger partial charge is 0.338 e. The molecule has 0 bridgehead atoms. The molecule has 2 aromatic carbocycles. The van der Waals surface area contributed by atoms with Gasteiger partial charge in [0, 0.05) is 0 Å². The topological polar surface area (TPSA) is 37.3 Å². The molecule has 18 heavy (non-hydrogen) atoms. The molecule has 0 saturated carbocycles. The highest BCUT2D eigenvalue weighted by Gasteiger charge is 2.13. The van der Waals surface area contributed by atoms with Crippen LogP contribution in [0.2, 0.25) is 0 Å². The highest BCUT2D eigenvalue weighted by Crippen LogP contribution is 2.26. The first-order valence-corrected chi connectivity index (χ1v) is 5.29. The van der Waals surface area contributed by atoms with Crippen LogP contribution in [-0.2, 0) is 0 Å². The lowest BCUT2D eigenvalue weighted by Gasteiger charge is -2.08. The number of rotatable bonds is 2. The molecule has 4 heteroatoms. The number of benzene rings is 2. The molecule has 0 aliphatic heterocycles. The molecular formula is C14H10F2O2. The van der Waals surface area contributed by atoms with Crippen LogP contribution in [0.5, 0.6) is 0 Å². The number of hydrogen-bond acceptors (Lipinski definition) is 1.